The molecule has 2 heterocycles. The van der Waals surface area contributed by atoms with Gasteiger partial charge in [0.2, 0.25) is 5.91 Å². The number of β-amino-alcohol motifs (C(OH)–C–C–N with tert-alkyl or cyclic N) is 1. The van der Waals surface area contributed by atoms with Crippen LogP contribution >= 0.6 is 0 Å². The van der Waals surface area contributed by atoms with Crippen LogP contribution in [-0.2, 0) is 14.3 Å². The van der Waals surface area contributed by atoms with Gasteiger partial charge in [0, 0.05) is 13.1 Å². The quantitative estimate of drug-likeness (QED) is 0.655. The number of aliphatic hydroxyl groups excluding tert-OH is 1. The molecule has 1 fully saturated rings. The Balaban J connectivity index is 1.90. The summed E-state index contributed by atoms with van der Waals surface area (Å²) in [5.74, 6) is -1.75. The highest BCUT2D eigenvalue weighted by Gasteiger charge is 2.56. The van der Waals surface area contributed by atoms with E-state index < -0.39 is 41.1 Å². The van der Waals surface area contributed by atoms with Crippen molar-refractivity contribution in [2.75, 3.05) is 19.6 Å². The zero-order valence-corrected chi connectivity index (χ0v) is 21.8. The normalized spacial score (nSPS) is 24.6. The van der Waals surface area contributed by atoms with Crippen molar-refractivity contribution < 1.29 is 29.3 Å². The number of piperidine rings is 1. The van der Waals surface area contributed by atoms with Crippen LogP contribution in [0.4, 0.5) is 4.79 Å². The van der Waals surface area contributed by atoms with E-state index in [0.29, 0.717) is 18.5 Å². The zero-order valence-electron chi connectivity index (χ0n) is 21.8. The second-order valence-electron chi connectivity index (χ2n) is 11.0. The molecule has 0 radical (unpaired) electrons. The van der Waals surface area contributed by atoms with Crippen LogP contribution in [0, 0.1) is 30.6 Å². The highest BCUT2D eigenvalue weighted by Crippen LogP contribution is 2.39. The molecule has 9 heteroatoms. The molecule has 9 nitrogen and oxygen atoms in total. The van der Waals surface area contributed by atoms with E-state index in [1.165, 1.54) is 6.92 Å². The Morgan fingerprint density at radius 3 is 2.28 bits per heavy atom. The van der Waals surface area contributed by atoms with Crippen molar-refractivity contribution in [2.45, 2.75) is 72.1 Å². The van der Waals surface area contributed by atoms with E-state index >= 15 is 0 Å². The monoisotopic (exact) mass is 497 g/mol. The molecule has 3 atom stereocenters. The predicted octanol–water partition coefficient (Wildman–Crippen LogP) is 3.25. The number of carbonyl (C=O) groups excluding carboxylic acids is 2. The van der Waals surface area contributed by atoms with Crippen molar-refractivity contribution in [3.63, 3.8) is 0 Å². The Kier molecular flexibility index (Phi) is 7.51. The third-order valence-electron chi connectivity index (χ3n) is 6.87. The van der Waals surface area contributed by atoms with Crippen LogP contribution in [-0.4, -0.2) is 75.4 Å². The molecule has 1 aromatic carbocycles. The molecule has 3 rings (SSSR count). The summed E-state index contributed by atoms with van der Waals surface area (Å²) in [4.78, 5) is 41.7. The summed E-state index contributed by atoms with van der Waals surface area (Å²) in [7, 11) is 0. The van der Waals surface area contributed by atoms with Gasteiger partial charge in [0.15, 0.2) is 0 Å². The summed E-state index contributed by atoms with van der Waals surface area (Å²) in [6.45, 7) is 10.6. The van der Waals surface area contributed by atoms with Crippen LogP contribution in [0.5, 0.6) is 0 Å². The number of nitrogens with zero attached hydrogens (tertiary/aromatic N) is 3. The third kappa shape index (κ3) is 5.39. The number of carboxylic acids is 1. The van der Waals surface area contributed by atoms with Crippen molar-refractivity contribution in [3.05, 3.63) is 40.5 Å². The van der Waals surface area contributed by atoms with Gasteiger partial charge in [-0.15, -0.1) is 0 Å². The van der Waals surface area contributed by atoms with Gasteiger partial charge in [-0.1, -0.05) is 18.2 Å². The van der Waals surface area contributed by atoms with E-state index in [1.807, 2.05) is 32.1 Å². The summed E-state index contributed by atoms with van der Waals surface area (Å²) in [5.41, 5.74) is 1.92. The molecule has 0 saturated carbocycles. The molecule has 0 aromatic heterocycles. The predicted molar refractivity (Wildman–Crippen MR) is 133 cm³/mol. The molecule has 36 heavy (non-hydrogen) atoms. The lowest BCUT2D eigenvalue weighted by Gasteiger charge is -2.47. The number of ether oxygens (including phenoxy) is 1. The molecule has 2 amide bonds. The number of carboxylic acid groups (broad SMARTS) is 1. The topological polar surface area (TPSA) is 131 Å². The molecule has 2 N–H and O–H groups in total. The van der Waals surface area contributed by atoms with Gasteiger partial charge in [-0.25, -0.2) is 4.79 Å². The van der Waals surface area contributed by atoms with Crippen molar-refractivity contribution in [3.8, 4) is 6.07 Å². The molecule has 0 bridgehead atoms. The average Bonchev–Trinajstić information content (AvgIpc) is 2.77. The number of aliphatic hydroxyl groups is 1. The summed E-state index contributed by atoms with van der Waals surface area (Å²) < 4.78 is 5.46. The maximum absolute atomic E-state index is 13.8. The molecule has 2 aliphatic heterocycles. The molecule has 1 saturated heterocycles. The average molecular weight is 498 g/mol. The van der Waals surface area contributed by atoms with Crippen molar-refractivity contribution in [1.29, 1.82) is 5.26 Å². The van der Waals surface area contributed by atoms with Gasteiger partial charge in [0.05, 0.1) is 29.7 Å². The van der Waals surface area contributed by atoms with Crippen LogP contribution in [0.3, 0.4) is 0 Å². The lowest BCUT2D eigenvalue weighted by Crippen LogP contribution is -2.66. The minimum atomic E-state index is -1.68. The zero-order chi connectivity index (χ0) is 27.0. The summed E-state index contributed by atoms with van der Waals surface area (Å²) in [5, 5.41) is 29.8. The Labute approximate surface area is 211 Å². The lowest BCUT2D eigenvalue weighted by molar-refractivity contribution is -0.168. The molecule has 0 aliphatic carbocycles. The largest absolute Gasteiger partial charge is 0.481 e. The van der Waals surface area contributed by atoms with Gasteiger partial charge in [0.1, 0.15) is 11.6 Å². The maximum Gasteiger partial charge on any atom is 0.411 e. The Bertz CT molecular complexity index is 1120. The fourth-order valence-corrected chi connectivity index (χ4v) is 5.08. The number of hydrogen-bond donors (Lipinski definition) is 2. The first kappa shape index (κ1) is 27.2. The van der Waals surface area contributed by atoms with Crippen LogP contribution in [0.25, 0.3) is 5.57 Å². The van der Waals surface area contributed by atoms with Crippen LogP contribution in [0.15, 0.2) is 18.2 Å². The second kappa shape index (κ2) is 9.94. The first-order valence-corrected chi connectivity index (χ1v) is 12.1. The number of likely N-dealkylation sites (tertiary alicyclic amines) is 1. The molecule has 1 aromatic rings. The number of rotatable bonds is 3. The van der Waals surface area contributed by atoms with Gasteiger partial charge < -0.3 is 19.8 Å². The van der Waals surface area contributed by atoms with Gasteiger partial charge in [0.25, 0.3) is 0 Å². The van der Waals surface area contributed by atoms with E-state index in [-0.39, 0.29) is 19.5 Å². The maximum atomic E-state index is 13.8. The van der Waals surface area contributed by atoms with E-state index in [2.05, 4.69) is 6.07 Å². The second-order valence-corrected chi connectivity index (χ2v) is 11.0. The minimum absolute atomic E-state index is 0.156. The van der Waals surface area contributed by atoms with E-state index in [4.69, 9.17) is 4.74 Å². The van der Waals surface area contributed by atoms with E-state index in [1.54, 1.807) is 25.7 Å². The molecule has 194 valence electrons. The molecule has 0 spiro atoms. The highest BCUT2D eigenvalue weighted by molar-refractivity contribution is 5.93. The molecule has 0 unspecified atom stereocenters. The number of amides is 2. The first-order valence-electron chi connectivity index (χ1n) is 12.1. The van der Waals surface area contributed by atoms with Crippen molar-refractivity contribution in [2.24, 2.45) is 5.41 Å². The highest BCUT2D eigenvalue weighted by atomic mass is 16.6. The van der Waals surface area contributed by atoms with E-state index in [0.717, 1.165) is 27.2 Å². The smallest absolute Gasteiger partial charge is 0.411 e. The fourth-order valence-electron chi connectivity index (χ4n) is 5.08. The molecular formula is C27H35N3O6. The third-order valence-corrected chi connectivity index (χ3v) is 6.87. The lowest BCUT2D eigenvalue weighted by atomic mass is 9.73. The number of benzene rings is 1. The molecule has 2 aliphatic rings. The Morgan fingerprint density at radius 2 is 1.81 bits per heavy atom. The number of carbonyl (C=O) groups is 3. The first-order chi connectivity index (χ1) is 16.7. The van der Waals surface area contributed by atoms with Crippen LogP contribution in [0.1, 0.15) is 62.8 Å². The summed E-state index contributed by atoms with van der Waals surface area (Å²) in [6.07, 6.45) is 0.385. The number of aliphatic carboxylic acids is 1. The van der Waals surface area contributed by atoms with Gasteiger partial charge in [-0.3, -0.25) is 14.5 Å². The Hall–Kier alpha value is -3.38. The SMILES string of the molecule is Cc1cc(C2=CCN(C(=O)[C@H]3N(C(=O)OC(C)(C)C)C[C@H](O)C[C@]3(C)C(=O)O)CC2)cc(C)c1C#N. The van der Waals surface area contributed by atoms with Crippen molar-refractivity contribution in [1.82, 2.24) is 9.80 Å². The number of hydrogen-bond acceptors (Lipinski definition) is 6. The van der Waals surface area contributed by atoms with Crippen LogP contribution < -0.4 is 0 Å². The van der Waals surface area contributed by atoms with Crippen LogP contribution in [0.2, 0.25) is 0 Å². The summed E-state index contributed by atoms with van der Waals surface area (Å²) >= 11 is 0. The van der Waals surface area contributed by atoms with Gasteiger partial charge in [-0.2, -0.15) is 5.26 Å². The van der Waals surface area contributed by atoms with Gasteiger partial charge >= 0.3 is 12.1 Å². The Morgan fingerprint density at radius 1 is 1.19 bits per heavy atom. The number of aryl methyl sites for hydroxylation is 2. The number of nitriles is 1. The molecular weight excluding hydrogens is 462 g/mol. The standard InChI is InChI=1S/C27H35N3O6/c1-16-11-19(12-17(2)21(16)14-28)18-7-9-29(10-8-18)23(32)22-27(6,24(33)34)13-20(31)15-30(22)25(35)36-26(3,4)5/h7,11-12,20,22,31H,8-10,13,15H2,1-6H3,(H,33,34)/t20-,22-,27+/m1/s1. The minimum Gasteiger partial charge on any atom is -0.481 e. The van der Waals surface area contributed by atoms with Gasteiger partial charge in [-0.05, 0) is 76.6 Å². The van der Waals surface area contributed by atoms with E-state index in [9.17, 15) is 29.9 Å². The summed E-state index contributed by atoms with van der Waals surface area (Å²) in [6, 6.07) is 4.82. The fraction of sp³-hybridized carbons (Fsp3) is 0.556. The van der Waals surface area contributed by atoms with Crippen molar-refractivity contribution >= 4 is 23.5 Å².